The molecule has 1 aliphatic rings. The molecule has 1 heterocycles. The van der Waals surface area contributed by atoms with E-state index in [4.69, 9.17) is 4.74 Å². The summed E-state index contributed by atoms with van der Waals surface area (Å²) in [4.78, 5) is 3.45. The minimum Gasteiger partial charge on any atom is -0.384 e. The molecule has 0 radical (unpaired) electrons. The number of ether oxygens (including phenoxy) is 1. The zero-order chi connectivity index (χ0) is 14.4. The van der Waals surface area contributed by atoms with Crippen LogP contribution in [0, 0.1) is 17.2 Å². The summed E-state index contributed by atoms with van der Waals surface area (Å²) in [6.07, 6.45) is 2.39. The molecule has 1 aliphatic heterocycles. The highest BCUT2D eigenvalue weighted by atomic mass is 32.2. The van der Waals surface area contributed by atoms with Crippen molar-refractivity contribution in [2.24, 2.45) is 5.92 Å². The van der Waals surface area contributed by atoms with Gasteiger partial charge in [-0.1, -0.05) is 13.0 Å². The van der Waals surface area contributed by atoms with E-state index in [0.717, 1.165) is 41.6 Å². The number of rotatable bonds is 5. The number of hydrogen-bond acceptors (Lipinski definition) is 4. The maximum absolute atomic E-state index is 9.51. The van der Waals surface area contributed by atoms with Gasteiger partial charge in [-0.3, -0.25) is 0 Å². The Hall–Kier alpha value is -1.18. The molecule has 1 aromatic rings. The van der Waals surface area contributed by atoms with Gasteiger partial charge in [-0.15, -0.1) is 11.8 Å². The molecular formula is C16H22N2OS. The molecule has 0 amide bonds. The molecule has 0 bridgehead atoms. The summed E-state index contributed by atoms with van der Waals surface area (Å²) >= 11 is 1.74. The van der Waals surface area contributed by atoms with Crippen molar-refractivity contribution >= 4 is 17.4 Å². The number of methoxy groups -OCH3 is 1. The van der Waals surface area contributed by atoms with Crippen LogP contribution in [-0.2, 0) is 4.74 Å². The van der Waals surface area contributed by atoms with Crippen LogP contribution >= 0.6 is 11.8 Å². The molecule has 1 atom stereocenters. The molecule has 1 unspecified atom stereocenters. The lowest BCUT2D eigenvalue weighted by molar-refractivity contribution is 0.143. The summed E-state index contributed by atoms with van der Waals surface area (Å²) in [6, 6.07) is 8.59. The van der Waals surface area contributed by atoms with Gasteiger partial charge in [0.05, 0.1) is 17.9 Å². The van der Waals surface area contributed by atoms with Crippen LogP contribution in [0.2, 0.25) is 0 Å². The van der Waals surface area contributed by atoms with E-state index >= 15 is 0 Å². The van der Waals surface area contributed by atoms with Crippen LogP contribution < -0.4 is 4.90 Å². The summed E-state index contributed by atoms with van der Waals surface area (Å²) in [6.45, 7) is 4.95. The predicted molar refractivity (Wildman–Crippen MR) is 84.4 cm³/mol. The lowest BCUT2D eigenvalue weighted by atomic mass is 9.97. The van der Waals surface area contributed by atoms with Crippen molar-refractivity contribution in [2.45, 2.75) is 24.7 Å². The molecule has 1 aromatic carbocycles. The fraction of sp³-hybridized carbons (Fsp3) is 0.562. The number of thioether (sulfide) groups is 1. The third-order valence-electron chi connectivity index (χ3n) is 3.68. The molecule has 1 fully saturated rings. The number of nitriles is 1. The average molecular weight is 290 g/mol. The smallest absolute Gasteiger partial charge is 0.103 e. The van der Waals surface area contributed by atoms with Gasteiger partial charge in [-0.05, 0) is 36.6 Å². The minimum atomic E-state index is 0.572. The topological polar surface area (TPSA) is 36.3 Å². The largest absolute Gasteiger partial charge is 0.384 e. The fourth-order valence-electron chi connectivity index (χ4n) is 2.83. The van der Waals surface area contributed by atoms with Crippen molar-refractivity contribution < 1.29 is 4.74 Å². The third kappa shape index (κ3) is 3.47. The van der Waals surface area contributed by atoms with Crippen LogP contribution in [0.15, 0.2) is 23.1 Å². The van der Waals surface area contributed by atoms with E-state index in [1.54, 1.807) is 18.9 Å². The average Bonchev–Trinajstić information content (AvgIpc) is 2.48. The van der Waals surface area contributed by atoms with Crippen LogP contribution in [0.1, 0.15) is 25.3 Å². The number of nitrogens with zero attached hydrogens (tertiary/aromatic N) is 2. The Kier molecular flexibility index (Phi) is 5.75. The molecule has 20 heavy (non-hydrogen) atoms. The van der Waals surface area contributed by atoms with Crippen LogP contribution in [0.5, 0.6) is 0 Å². The summed E-state index contributed by atoms with van der Waals surface area (Å²) in [5.74, 6) is 1.56. The molecule has 0 spiro atoms. The first-order valence-corrected chi connectivity index (χ1v) is 8.18. The number of anilines is 1. The molecule has 0 saturated carbocycles. The fourth-order valence-corrected chi connectivity index (χ4v) is 3.61. The monoisotopic (exact) mass is 290 g/mol. The number of hydrogen-bond donors (Lipinski definition) is 0. The summed E-state index contributed by atoms with van der Waals surface area (Å²) in [5.41, 5.74) is 1.92. The van der Waals surface area contributed by atoms with Gasteiger partial charge < -0.3 is 9.64 Å². The molecule has 3 nitrogen and oxygen atoms in total. The van der Waals surface area contributed by atoms with Gasteiger partial charge >= 0.3 is 0 Å². The quantitative estimate of drug-likeness (QED) is 0.777. The summed E-state index contributed by atoms with van der Waals surface area (Å²) in [5, 5.41) is 9.51. The third-order valence-corrected chi connectivity index (χ3v) is 4.62. The zero-order valence-corrected chi connectivity index (χ0v) is 13.1. The van der Waals surface area contributed by atoms with Crippen molar-refractivity contribution in [3.63, 3.8) is 0 Å². The second kappa shape index (κ2) is 7.56. The molecule has 4 heteroatoms. The van der Waals surface area contributed by atoms with Gasteiger partial charge in [0.15, 0.2) is 0 Å². The Morgan fingerprint density at radius 2 is 2.35 bits per heavy atom. The minimum absolute atomic E-state index is 0.572. The molecular weight excluding hydrogens is 268 g/mol. The normalized spacial score (nSPS) is 18.9. The lowest BCUT2D eigenvalue weighted by Gasteiger charge is -2.34. The van der Waals surface area contributed by atoms with Crippen LogP contribution in [0.4, 0.5) is 5.69 Å². The van der Waals surface area contributed by atoms with Gasteiger partial charge in [0.1, 0.15) is 6.07 Å². The van der Waals surface area contributed by atoms with E-state index < -0.39 is 0 Å². The Labute approximate surface area is 125 Å². The molecule has 0 N–H and O–H groups in total. The van der Waals surface area contributed by atoms with Crippen LogP contribution in [-0.4, -0.2) is 32.6 Å². The number of piperidine rings is 1. The van der Waals surface area contributed by atoms with Crippen molar-refractivity contribution in [1.82, 2.24) is 0 Å². The molecule has 2 rings (SSSR count). The molecule has 1 saturated heterocycles. The van der Waals surface area contributed by atoms with E-state index in [1.807, 2.05) is 6.07 Å². The SMILES string of the molecule is CCSc1cccc(N2CCCC(COC)C2)c1C#N. The van der Waals surface area contributed by atoms with Crippen LogP contribution in [0.25, 0.3) is 0 Å². The van der Waals surface area contributed by atoms with Gasteiger partial charge in [0.25, 0.3) is 0 Å². The maximum atomic E-state index is 9.51. The second-order valence-corrected chi connectivity index (χ2v) is 6.41. The Morgan fingerprint density at radius 3 is 3.05 bits per heavy atom. The highest BCUT2D eigenvalue weighted by Gasteiger charge is 2.22. The van der Waals surface area contributed by atoms with Crippen LogP contribution in [0.3, 0.4) is 0 Å². The van der Waals surface area contributed by atoms with Gasteiger partial charge in [0.2, 0.25) is 0 Å². The van der Waals surface area contributed by atoms with Crippen molar-refractivity contribution in [1.29, 1.82) is 5.26 Å². The molecule has 0 aliphatic carbocycles. The standard InChI is InChI=1S/C16H22N2OS/c1-3-20-16-8-4-7-15(14(16)10-17)18-9-5-6-13(11-18)12-19-2/h4,7-8,13H,3,5-6,9,11-12H2,1-2H3. The summed E-state index contributed by atoms with van der Waals surface area (Å²) in [7, 11) is 1.76. The lowest BCUT2D eigenvalue weighted by Crippen LogP contribution is -2.37. The molecule has 108 valence electrons. The van der Waals surface area contributed by atoms with Crippen molar-refractivity contribution in [3.8, 4) is 6.07 Å². The first-order valence-electron chi connectivity index (χ1n) is 7.20. The highest BCUT2D eigenvalue weighted by Crippen LogP contribution is 2.32. The summed E-state index contributed by atoms with van der Waals surface area (Å²) < 4.78 is 5.29. The first kappa shape index (κ1) is 15.2. The van der Waals surface area contributed by atoms with Crippen molar-refractivity contribution in [3.05, 3.63) is 23.8 Å². The first-order chi connectivity index (χ1) is 9.80. The Bertz CT molecular complexity index is 482. The van der Waals surface area contributed by atoms with E-state index in [-0.39, 0.29) is 0 Å². The van der Waals surface area contributed by atoms with Crippen molar-refractivity contribution in [2.75, 3.05) is 37.5 Å². The van der Waals surface area contributed by atoms with Gasteiger partial charge in [-0.2, -0.15) is 5.26 Å². The Morgan fingerprint density at radius 1 is 1.50 bits per heavy atom. The van der Waals surface area contributed by atoms with E-state index in [0.29, 0.717) is 5.92 Å². The zero-order valence-electron chi connectivity index (χ0n) is 12.3. The predicted octanol–water partition coefficient (Wildman–Crippen LogP) is 3.53. The van der Waals surface area contributed by atoms with Gasteiger partial charge in [0, 0.05) is 25.1 Å². The van der Waals surface area contributed by atoms with E-state index in [2.05, 4.69) is 30.0 Å². The number of benzene rings is 1. The van der Waals surface area contributed by atoms with E-state index in [9.17, 15) is 5.26 Å². The van der Waals surface area contributed by atoms with Gasteiger partial charge in [-0.25, -0.2) is 0 Å². The Balaban J connectivity index is 2.23. The second-order valence-electron chi connectivity index (χ2n) is 5.10. The van der Waals surface area contributed by atoms with E-state index in [1.165, 1.54) is 12.8 Å². The molecule has 0 aromatic heterocycles. The highest BCUT2D eigenvalue weighted by molar-refractivity contribution is 7.99. The maximum Gasteiger partial charge on any atom is 0.103 e.